The van der Waals surface area contributed by atoms with Crippen LogP contribution in [-0.2, 0) is 0 Å². The number of hydrogen-bond acceptors (Lipinski definition) is 7. The van der Waals surface area contributed by atoms with Gasteiger partial charge in [0.15, 0.2) is 5.82 Å². The topological polar surface area (TPSA) is 82.3 Å². The number of likely N-dealkylation sites (N-methyl/N-ethyl adjacent to an activating group) is 1. The van der Waals surface area contributed by atoms with Crippen LogP contribution in [0.1, 0.15) is 25.7 Å². The second-order valence-corrected chi connectivity index (χ2v) is 7.56. The zero-order chi connectivity index (χ0) is 19.3. The molecule has 2 aromatic rings. The first-order chi connectivity index (χ1) is 13.7. The van der Waals surface area contributed by atoms with E-state index >= 15 is 0 Å². The molecule has 0 radical (unpaired) electrons. The maximum absolute atomic E-state index is 6.06. The molecule has 148 valence electrons. The number of aromatic nitrogens is 2. The van der Waals surface area contributed by atoms with Crippen LogP contribution in [0.3, 0.4) is 0 Å². The fourth-order valence-corrected chi connectivity index (χ4v) is 3.60. The summed E-state index contributed by atoms with van der Waals surface area (Å²) < 4.78 is 0. The van der Waals surface area contributed by atoms with Crippen molar-refractivity contribution in [3.63, 3.8) is 0 Å². The standard InChI is InChI=1S/C21H29N7/c1-27-11-13-28(14-12-27)18-9-7-17(8-10-18)25-21-23-15-19(22)20(26-21)24-16-5-3-2-4-6-16/h5,7-10,15H,2-4,6,11-14,22H2,1H3,(H2,23,24,25,26). The van der Waals surface area contributed by atoms with Crippen molar-refractivity contribution < 1.29 is 0 Å². The van der Waals surface area contributed by atoms with Crippen LogP contribution >= 0.6 is 0 Å². The highest BCUT2D eigenvalue weighted by Crippen LogP contribution is 2.25. The Morgan fingerprint density at radius 3 is 2.50 bits per heavy atom. The summed E-state index contributed by atoms with van der Waals surface area (Å²) in [5.41, 5.74) is 10.0. The van der Waals surface area contributed by atoms with Crippen molar-refractivity contribution in [1.29, 1.82) is 0 Å². The molecule has 1 saturated heterocycles. The van der Waals surface area contributed by atoms with Crippen molar-refractivity contribution in [2.75, 3.05) is 54.5 Å². The van der Waals surface area contributed by atoms with Crippen molar-refractivity contribution in [3.05, 3.63) is 42.2 Å². The fourth-order valence-electron chi connectivity index (χ4n) is 3.60. The third-order valence-electron chi connectivity index (χ3n) is 5.38. The smallest absolute Gasteiger partial charge is 0.229 e. The number of benzene rings is 1. The minimum Gasteiger partial charge on any atom is -0.394 e. The van der Waals surface area contributed by atoms with Crippen molar-refractivity contribution >= 4 is 28.8 Å². The van der Waals surface area contributed by atoms with Crippen LogP contribution in [-0.4, -0.2) is 48.1 Å². The lowest BCUT2D eigenvalue weighted by molar-refractivity contribution is 0.313. The minimum atomic E-state index is 0.542. The van der Waals surface area contributed by atoms with Crippen molar-refractivity contribution in [2.24, 2.45) is 0 Å². The summed E-state index contributed by atoms with van der Waals surface area (Å²) in [6.07, 6.45) is 8.49. The Kier molecular flexibility index (Phi) is 5.62. The first kappa shape index (κ1) is 18.6. The highest BCUT2D eigenvalue weighted by molar-refractivity contribution is 5.66. The quantitative estimate of drug-likeness (QED) is 0.734. The van der Waals surface area contributed by atoms with Crippen LogP contribution in [0.5, 0.6) is 0 Å². The number of rotatable bonds is 5. The summed E-state index contributed by atoms with van der Waals surface area (Å²) in [4.78, 5) is 13.7. The highest BCUT2D eigenvalue weighted by atomic mass is 15.2. The number of anilines is 5. The monoisotopic (exact) mass is 379 g/mol. The lowest BCUT2D eigenvalue weighted by atomic mass is 10.0. The summed E-state index contributed by atoms with van der Waals surface area (Å²) >= 11 is 0. The molecule has 0 unspecified atom stereocenters. The van der Waals surface area contributed by atoms with Crippen LogP contribution in [0.4, 0.5) is 28.8 Å². The average molecular weight is 380 g/mol. The van der Waals surface area contributed by atoms with Gasteiger partial charge in [-0.1, -0.05) is 6.08 Å². The van der Waals surface area contributed by atoms with Crippen molar-refractivity contribution in [3.8, 4) is 0 Å². The van der Waals surface area contributed by atoms with E-state index in [1.165, 1.54) is 24.2 Å². The summed E-state index contributed by atoms with van der Waals surface area (Å²) in [6, 6.07) is 8.45. The van der Waals surface area contributed by atoms with Crippen LogP contribution < -0.4 is 21.3 Å². The van der Waals surface area contributed by atoms with E-state index in [4.69, 9.17) is 5.73 Å². The molecule has 28 heavy (non-hydrogen) atoms. The van der Waals surface area contributed by atoms with Gasteiger partial charge < -0.3 is 26.2 Å². The van der Waals surface area contributed by atoms with Gasteiger partial charge in [-0.15, -0.1) is 0 Å². The number of nitrogens with two attached hydrogens (primary N) is 1. The molecule has 0 saturated carbocycles. The van der Waals surface area contributed by atoms with Gasteiger partial charge in [-0.2, -0.15) is 4.98 Å². The van der Waals surface area contributed by atoms with Gasteiger partial charge in [0.05, 0.1) is 11.9 Å². The van der Waals surface area contributed by atoms with E-state index in [1.54, 1.807) is 6.20 Å². The van der Waals surface area contributed by atoms with E-state index in [0.29, 0.717) is 17.5 Å². The molecule has 1 aliphatic carbocycles. The maximum atomic E-state index is 6.06. The minimum absolute atomic E-state index is 0.542. The second kappa shape index (κ2) is 8.48. The van der Waals surface area contributed by atoms with Crippen LogP contribution in [0.25, 0.3) is 0 Å². The molecule has 0 spiro atoms. The first-order valence-electron chi connectivity index (χ1n) is 10.1. The molecule has 1 aromatic heterocycles. The Labute approximate surface area is 166 Å². The summed E-state index contributed by atoms with van der Waals surface area (Å²) in [6.45, 7) is 4.33. The van der Waals surface area contributed by atoms with E-state index in [9.17, 15) is 0 Å². The van der Waals surface area contributed by atoms with Crippen LogP contribution in [0.2, 0.25) is 0 Å². The molecule has 2 heterocycles. The van der Waals surface area contributed by atoms with Gasteiger partial charge in [0.25, 0.3) is 0 Å². The summed E-state index contributed by atoms with van der Waals surface area (Å²) in [5.74, 6) is 1.21. The van der Waals surface area contributed by atoms with Crippen LogP contribution in [0, 0.1) is 0 Å². The Morgan fingerprint density at radius 1 is 1.00 bits per heavy atom. The fraction of sp³-hybridized carbons (Fsp3) is 0.429. The number of nitrogens with zero attached hydrogens (tertiary/aromatic N) is 4. The molecule has 4 N–H and O–H groups in total. The number of hydrogen-bond donors (Lipinski definition) is 3. The predicted octanol–water partition coefficient (Wildman–Crippen LogP) is 3.42. The Bertz CT molecular complexity index is 823. The molecular weight excluding hydrogens is 350 g/mol. The van der Waals surface area contributed by atoms with Gasteiger partial charge in [0.2, 0.25) is 5.95 Å². The summed E-state index contributed by atoms with van der Waals surface area (Å²) in [5, 5.41) is 6.65. The summed E-state index contributed by atoms with van der Waals surface area (Å²) in [7, 11) is 2.17. The highest BCUT2D eigenvalue weighted by Gasteiger charge is 2.14. The zero-order valence-corrected chi connectivity index (χ0v) is 16.5. The maximum Gasteiger partial charge on any atom is 0.229 e. The molecule has 0 amide bonds. The SMILES string of the molecule is CN1CCN(c2ccc(Nc3ncc(N)c(NC4=CCCCC4)n3)cc2)CC1. The average Bonchev–Trinajstić information content (AvgIpc) is 2.73. The molecule has 7 nitrogen and oxygen atoms in total. The van der Waals surface area contributed by atoms with Gasteiger partial charge in [0, 0.05) is 43.3 Å². The molecule has 0 atom stereocenters. The molecular formula is C21H29N7. The van der Waals surface area contributed by atoms with Gasteiger partial charge in [0.1, 0.15) is 0 Å². The lowest BCUT2D eigenvalue weighted by Gasteiger charge is -2.34. The molecule has 7 heteroatoms. The molecule has 1 fully saturated rings. The lowest BCUT2D eigenvalue weighted by Crippen LogP contribution is -2.44. The number of nitrogens with one attached hydrogen (secondary N) is 2. The molecule has 4 rings (SSSR count). The third kappa shape index (κ3) is 4.54. The number of allylic oxidation sites excluding steroid dienone is 2. The Morgan fingerprint density at radius 2 is 1.79 bits per heavy atom. The molecule has 1 aromatic carbocycles. The Hall–Kier alpha value is -2.80. The molecule has 1 aliphatic heterocycles. The second-order valence-electron chi connectivity index (χ2n) is 7.56. The Balaban J connectivity index is 1.42. The zero-order valence-electron chi connectivity index (χ0n) is 16.5. The van der Waals surface area contributed by atoms with Crippen LogP contribution in [0.15, 0.2) is 42.2 Å². The van der Waals surface area contributed by atoms with Gasteiger partial charge in [-0.3, -0.25) is 0 Å². The van der Waals surface area contributed by atoms with E-state index in [0.717, 1.165) is 44.7 Å². The van der Waals surface area contributed by atoms with Crippen molar-refractivity contribution in [2.45, 2.75) is 25.7 Å². The van der Waals surface area contributed by atoms with E-state index < -0.39 is 0 Å². The number of piperazine rings is 1. The van der Waals surface area contributed by atoms with E-state index in [2.05, 4.69) is 67.8 Å². The van der Waals surface area contributed by atoms with Crippen molar-refractivity contribution in [1.82, 2.24) is 14.9 Å². The van der Waals surface area contributed by atoms with Gasteiger partial charge in [-0.05, 0) is 57.0 Å². The van der Waals surface area contributed by atoms with Gasteiger partial charge in [-0.25, -0.2) is 4.98 Å². The predicted molar refractivity (Wildman–Crippen MR) is 116 cm³/mol. The first-order valence-corrected chi connectivity index (χ1v) is 10.1. The number of nitrogen functional groups attached to an aromatic ring is 1. The van der Waals surface area contributed by atoms with E-state index in [-0.39, 0.29) is 0 Å². The molecule has 0 bridgehead atoms. The van der Waals surface area contributed by atoms with E-state index in [1.807, 2.05) is 0 Å². The molecule has 2 aliphatic rings. The van der Waals surface area contributed by atoms with Gasteiger partial charge >= 0.3 is 0 Å². The largest absolute Gasteiger partial charge is 0.394 e. The normalized spacial score (nSPS) is 17.9. The third-order valence-corrected chi connectivity index (χ3v) is 5.38.